The summed E-state index contributed by atoms with van der Waals surface area (Å²) in [5.41, 5.74) is 5.86. The molecular weight excluding hydrogens is 228 g/mol. The highest BCUT2D eigenvalue weighted by atomic mass is 14.5. The smallest absolute Gasteiger partial charge is 0.00911 e. The van der Waals surface area contributed by atoms with Gasteiger partial charge in [-0.3, -0.25) is 0 Å². The second kappa shape index (κ2) is 4.50. The SMILES string of the molecule is CC(C)C1CC(C(C)(C)C)C2=C1CC(C(C)(C)C)=C2. The van der Waals surface area contributed by atoms with Crippen molar-refractivity contribution in [1.29, 1.82) is 0 Å². The molecule has 0 nitrogen and oxygen atoms in total. The minimum Gasteiger partial charge on any atom is -0.0622 e. The van der Waals surface area contributed by atoms with Crippen molar-refractivity contribution < 1.29 is 0 Å². The van der Waals surface area contributed by atoms with E-state index < -0.39 is 0 Å². The van der Waals surface area contributed by atoms with Crippen LogP contribution >= 0.6 is 0 Å². The average Bonchev–Trinajstić information content (AvgIpc) is 2.69. The molecule has 2 atom stereocenters. The lowest BCUT2D eigenvalue weighted by atomic mass is 9.74. The monoisotopic (exact) mass is 260 g/mol. The van der Waals surface area contributed by atoms with Gasteiger partial charge in [-0.15, -0.1) is 0 Å². The lowest BCUT2D eigenvalue weighted by Gasteiger charge is -2.31. The molecule has 0 saturated heterocycles. The van der Waals surface area contributed by atoms with E-state index in [0.29, 0.717) is 10.8 Å². The summed E-state index contributed by atoms with van der Waals surface area (Å²) in [6, 6.07) is 0. The van der Waals surface area contributed by atoms with Crippen molar-refractivity contribution in [2.24, 2.45) is 28.6 Å². The first-order valence-electron chi connectivity index (χ1n) is 7.96. The van der Waals surface area contributed by atoms with Gasteiger partial charge in [-0.25, -0.2) is 0 Å². The van der Waals surface area contributed by atoms with E-state index in [-0.39, 0.29) is 0 Å². The van der Waals surface area contributed by atoms with Crippen molar-refractivity contribution in [2.75, 3.05) is 0 Å². The Balaban J connectivity index is 2.36. The maximum absolute atomic E-state index is 2.56. The summed E-state index contributed by atoms with van der Waals surface area (Å²) >= 11 is 0. The van der Waals surface area contributed by atoms with Crippen LogP contribution in [0.5, 0.6) is 0 Å². The molecule has 0 aliphatic heterocycles. The quantitative estimate of drug-likeness (QED) is 0.542. The van der Waals surface area contributed by atoms with Crippen LogP contribution in [-0.2, 0) is 0 Å². The van der Waals surface area contributed by atoms with E-state index >= 15 is 0 Å². The first kappa shape index (κ1) is 14.9. The number of hydrogen-bond donors (Lipinski definition) is 0. The second-order valence-electron chi connectivity index (χ2n) is 9.08. The van der Waals surface area contributed by atoms with Crippen LogP contribution in [0.4, 0.5) is 0 Å². The van der Waals surface area contributed by atoms with Gasteiger partial charge in [0.2, 0.25) is 0 Å². The highest BCUT2D eigenvalue weighted by Gasteiger charge is 2.43. The second-order valence-corrected chi connectivity index (χ2v) is 9.08. The molecule has 0 fully saturated rings. The van der Waals surface area contributed by atoms with Crippen molar-refractivity contribution in [2.45, 2.75) is 68.2 Å². The molecule has 0 aromatic heterocycles. The molecule has 0 heterocycles. The van der Waals surface area contributed by atoms with E-state index in [1.165, 1.54) is 12.8 Å². The Hall–Kier alpha value is -0.520. The minimum atomic E-state index is 0.328. The summed E-state index contributed by atoms with van der Waals surface area (Å²) in [6.45, 7) is 19.1. The van der Waals surface area contributed by atoms with Crippen LogP contribution in [0.15, 0.2) is 22.8 Å². The molecular formula is C19H32. The van der Waals surface area contributed by atoms with Gasteiger partial charge in [0.25, 0.3) is 0 Å². The fourth-order valence-corrected chi connectivity index (χ4v) is 3.81. The van der Waals surface area contributed by atoms with Crippen LogP contribution in [0.1, 0.15) is 68.2 Å². The molecule has 0 aromatic carbocycles. The lowest BCUT2D eigenvalue weighted by Crippen LogP contribution is -2.22. The maximum Gasteiger partial charge on any atom is -0.00911 e. The molecule has 2 rings (SSSR count). The fourth-order valence-electron chi connectivity index (χ4n) is 3.81. The summed E-state index contributed by atoms with van der Waals surface area (Å²) in [5, 5.41) is 0. The van der Waals surface area contributed by atoms with E-state index in [1.807, 2.05) is 0 Å². The van der Waals surface area contributed by atoms with Crippen molar-refractivity contribution in [3.63, 3.8) is 0 Å². The Bertz CT molecular complexity index is 418. The molecule has 0 aromatic rings. The molecule has 2 aliphatic rings. The summed E-state index contributed by atoms with van der Waals surface area (Å²) in [7, 11) is 0. The van der Waals surface area contributed by atoms with E-state index in [2.05, 4.69) is 61.5 Å². The van der Waals surface area contributed by atoms with Gasteiger partial charge in [-0.2, -0.15) is 0 Å². The van der Waals surface area contributed by atoms with Gasteiger partial charge < -0.3 is 0 Å². The van der Waals surface area contributed by atoms with Crippen molar-refractivity contribution in [3.8, 4) is 0 Å². The first-order valence-corrected chi connectivity index (χ1v) is 7.96. The molecule has 19 heavy (non-hydrogen) atoms. The predicted molar refractivity (Wildman–Crippen MR) is 85.1 cm³/mol. The van der Waals surface area contributed by atoms with Gasteiger partial charge in [-0.05, 0) is 47.0 Å². The van der Waals surface area contributed by atoms with Crippen LogP contribution in [0.25, 0.3) is 0 Å². The van der Waals surface area contributed by atoms with Gasteiger partial charge in [0, 0.05) is 0 Å². The fraction of sp³-hybridized carbons (Fsp3) is 0.789. The number of allylic oxidation sites excluding steroid dienone is 4. The van der Waals surface area contributed by atoms with E-state index in [1.54, 1.807) is 16.7 Å². The summed E-state index contributed by atoms with van der Waals surface area (Å²) in [5.74, 6) is 2.36. The van der Waals surface area contributed by atoms with Crippen LogP contribution in [0.2, 0.25) is 0 Å². The van der Waals surface area contributed by atoms with Crippen LogP contribution in [0, 0.1) is 28.6 Å². The van der Waals surface area contributed by atoms with Gasteiger partial charge in [0.15, 0.2) is 0 Å². The van der Waals surface area contributed by atoms with Crippen LogP contribution in [0.3, 0.4) is 0 Å². The van der Waals surface area contributed by atoms with Crippen LogP contribution < -0.4 is 0 Å². The molecule has 0 amide bonds. The van der Waals surface area contributed by atoms with Gasteiger partial charge in [0.1, 0.15) is 0 Å². The average molecular weight is 260 g/mol. The molecule has 2 aliphatic carbocycles. The summed E-state index contributed by atoms with van der Waals surface area (Å²) in [4.78, 5) is 0. The normalized spacial score (nSPS) is 28.2. The predicted octanol–water partition coefficient (Wildman–Crippen LogP) is 6.00. The summed E-state index contributed by atoms with van der Waals surface area (Å²) in [6.07, 6.45) is 5.18. The van der Waals surface area contributed by atoms with Crippen molar-refractivity contribution >= 4 is 0 Å². The third-order valence-electron chi connectivity index (χ3n) is 5.21. The Morgan fingerprint density at radius 2 is 1.63 bits per heavy atom. The van der Waals surface area contributed by atoms with Crippen molar-refractivity contribution in [1.82, 2.24) is 0 Å². The molecule has 108 valence electrons. The van der Waals surface area contributed by atoms with Gasteiger partial charge >= 0.3 is 0 Å². The molecule has 0 N–H and O–H groups in total. The third kappa shape index (κ3) is 2.69. The van der Waals surface area contributed by atoms with E-state index in [9.17, 15) is 0 Å². The largest absolute Gasteiger partial charge is 0.0622 e. The molecule has 0 bridgehead atoms. The zero-order valence-corrected chi connectivity index (χ0v) is 14.2. The highest BCUT2D eigenvalue weighted by molar-refractivity contribution is 5.47. The Labute approximate surface area is 120 Å². The minimum absolute atomic E-state index is 0.328. The van der Waals surface area contributed by atoms with Crippen molar-refractivity contribution in [3.05, 3.63) is 22.8 Å². The Kier molecular flexibility index (Phi) is 3.52. The Morgan fingerprint density at radius 1 is 1.05 bits per heavy atom. The number of rotatable bonds is 1. The third-order valence-corrected chi connectivity index (χ3v) is 5.21. The van der Waals surface area contributed by atoms with Crippen LogP contribution in [-0.4, -0.2) is 0 Å². The topological polar surface area (TPSA) is 0 Å². The molecule has 0 spiro atoms. The van der Waals surface area contributed by atoms with Gasteiger partial charge in [-0.1, -0.05) is 72.6 Å². The zero-order chi connectivity index (χ0) is 14.6. The highest BCUT2D eigenvalue weighted by Crippen LogP contribution is 2.55. The zero-order valence-electron chi connectivity index (χ0n) is 14.2. The maximum atomic E-state index is 2.56. The van der Waals surface area contributed by atoms with E-state index in [4.69, 9.17) is 0 Å². The standard InChI is InChI=1S/C19H32/c1-12(2)14-11-17(19(6,7)8)16-10-13(9-15(14)16)18(3,4)5/h10,12,14,17H,9,11H2,1-8H3. The first-order chi connectivity index (χ1) is 8.51. The molecule has 2 unspecified atom stereocenters. The Morgan fingerprint density at radius 3 is 2.05 bits per heavy atom. The number of hydrogen-bond acceptors (Lipinski definition) is 0. The van der Waals surface area contributed by atoms with E-state index in [0.717, 1.165) is 17.8 Å². The molecule has 0 radical (unpaired) electrons. The molecule has 0 saturated carbocycles. The molecule has 0 heteroatoms. The van der Waals surface area contributed by atoms with Gasteiger partial charge in [0.05, 0.1) is 0 Å². The summed E-state index contributed by atoms with van der Waals surface area (Å²) < 4.78 is 0. The lowest BCUT2D eigenvalue weighted by molar-refractivity contribution is 0.247.